The molecule has 0 saturated heterocycles. The maximum Gasteiger partial charge on any atom is 0.246 e. The van der Waals surface area contributed by atoms with Gasteiger partial charge < -0.3 is 14.8 Å². The van der Waals surface area contributed by atoms with E-state index in [1.807, 2.05) is 44.2 Å². The minimum absolute atomic E-state index is 0.000234. The molecule has 0 aliphatic rings. The number of aromatic nitrogens is 4. The second-order valence-electron chi connectivity index (χ2n) is 6.50. The average molecular weight is 369 g/mol. The number of rotatable bonds is 7. The third-order valence-electron chi connectivity index (χ3n) is 4.17. The molecule has 0 radical (unpaired) electrons. The lowest BCUT2D eigenvalue weighted by atomic mass is 10.0. The topological polar surface area (TPSA) is 90.6 Å². The quantitative estimate of drug-likeness (QED) is 0.687. The van der Waals surface area contributed by atoms with Crippen LogP contribution in [0.3, 0.4) is 0 Å². The summed E-state index contributed by atoms with van der Waals surface area (Å²) in [5.41, 5.74) is 2.41. The number of carbonyl (C=O) groups excluding carboxylic acids is 1. The highest BCUT2D eigenvalue weighted by atomic mass is 16.5. The highest BCUT2D eigenvalue weighted by Gasteiger charge is 2.23. The molecule has 1 aromatic carbocycles. The van der Waals surface area contributed by atoms with Gasteiger partial charge in [-0.2, -0.15) is 0 Å². The van der Waals surface area contributed by atoms with Crippen molar-refractivity contribution in [3.63, 3.8) is 0 Å². The SMILES string of the molecule is COCC(=O)N[C@H](c1nc2cc(-c3ccc(OC)cc3)ncn2n1)C(C)C. The molecule has 2 heterocycles. The lowest BCUT2D eigenvalue weighted by Gasteiger charge is -2.19. The average Bonchev–Trinajstić information content (AvgIpc) is 3.09. The van der Waals surface area contributed by atoms with Gasteiger partial charge in [-0.15, -0.1) is 5.10 Å². The Labute approximate surface area is 157 Å². The summed E-state index contributed by atoms with van der Waals surface area (Å²) in [5, 5.41) is 7.39. The van der Waals surface area contributed by atoms with Gasteiger partial charge in [-0.1, -0.05) is 13.8 Å². The van der Waals surface area contributed by atoms with Crippen molar-refractivity contribution in [1.82, 2.24) is 24.9 Å². The molecule has 8 nitrogen and oxygen atoms in total. The molecule has 0 spiro atoms. The minimum Gasteiger partial charge on any atom is -0.497 e. The summed E-state index contributed by atoms with van der Waals surface area (Å²) in [6.45, 7) is 4.01. The van der Waals surface area contributed by atoms with E-state index in [9.17, 15) is 4.79 Å². The van der Waals surface area contributed by atoms with Crippen molar-refractivity contribution in [1.29, 1.82) is 0 Å². The van der Waals surface area contributed by atoms with Crippen molar-refractivity contribution in [2.24, 2.45) is 5.92 Å². The Morgan fingerprint density at radius 1 is 1.22 bits per heavy atom. The second kappa shape index (κ2) is 8.13. The first-order valence-electron chi connectivity index (χ1n) is 8.67. The van der Waals surface area contributed by atoms with Crippen molar-refractivity contribution in [2.45, 2.75) is 19.9 Å². The Kier molecular flexibility index (Phi) is 5.66. The largest absolute Gasteiger partial charge is 0.497 e. The van der Waals surface area contributed by atoms with Crippen molar-refractivity contribution in [3.05, 3.63) is 42.5 Å². The molecule has 2 aromatic heterocycles. The van der Waals surface area contributed by atoms with Gasteiger partial charge in [-0.05, 0) is 30.2 Å². The highest BCUT2D eigenvalue weighted by Crippen LogP contribution is 2.23. The van der Waals surface area contributed by atoms with Crippen LogP contribution in [0.5, 0.6) is 5.75 Å². The summed E-state index contributed by atoms with van der Waals surface area (Å²) in [6, 6.07) is 9.21. The van der Waals surface area contributed by atoms with Gasteiger partial charge in [0.1, 0.15) is 18.7 Å². The van der Waals surface area contributed by atoms with Crippen molar-refractivity contribution in [3.8, 4) is 17.0 Å². The Balaban J connectivity index is 1.90. The standard InChI is InChI=1S/C19H23N5O3/c1-12(2)18(22-17(25)10-26-3)19-21-16-9-15(20-11-24(16)23-19)13-5-7-14(27-4)8-6-13/h5-9,11-12,18H,10H2,1-4H3,(H,22,25)/t18-/m0/s1. The third-order valence-corrected chi connectivity index (χ3v) is 4.17. The maximum atomic E-state index is 11.9. The van der Waals surface area contributed by atoms with Gasteiger partial charge in [0.05, 0.1) is 18.8 Å². The number of nitrogens with one attached hydrogen (secondary N) is 1. The molecular formula is C19H23N5O3. The van der Waals surface area contributed by atoms with E-state index >= 15 is 0 Å². The van der Waals surface area contributed by atoms with Crippen LogP contribution >= 0.6 is 0 Å². The normalized spacial score (nSPS) is 12.3. The highest BCUT2D eigenvalue weighted by molar-refractivity contribution is 5.77. The summed E-state index contributed by atoms with van der Waals surface area (Å²) in [4.78, 5) is 21.0. The van der Waals surface area contributed by atoms with Gasteiger partial charge in [0.2, 0.25) is 5.91 Å². The first-order chi connectivity index (χ1) is 13.0. The zero-order valence-corrected chi connectivity index (χ0v) is 15.8. The van der Waals surface area contributed by atoms with E-state index in [0.717, 1.165) is 17.0 Å². The van der Waals surface area contributed by atoms with E-state index in [1.54, 1.807) is 18.0 Å². The number of nitrogens with zero attached hydrogens (tertiary/aromatic N) is 4. The molecule has 1 atom stereocenters. The zero-order valence-electron chi connectivity index (χ0n) is 15.8. The van der Waals surface area contributed by atoms with E-state index in [2.05, 4.69) is 20.4 Å². The fourth-order valence-corrected chi connectivity index (χ4v) is 2.74. The van der Waals surface area contributed by atoms with Gasteiger partial charge in [0.15, 0.2) is 11.5 Å². The summed E-state index contributed by atoms with van der Waals surface area (Å²) in [7, 11) is 3.12. The molecular weight excluding hydrogens is 346 g/mol. The second-order valence-corrected chi connectivity index (χ2v) is 6.50. The van der Waals surface area contributed by atoms with Crippen LogP contribution in [0, 0.1) is 5.92 Å². The lowest BCUT2D eigenvalue weighted by Crippen LogP contribution is -2.34. The number of benzene rings is 1. The summed E-state index contributed by atoms with van der Waals surface area (Å²) < 4.78 is 11.7. The fraction of sp³-hybridized carbons (Fsp3) is 0.368. The van der Waals surface area contributed by atoms with Gasteiger partial charge >= 0.3 is 0 Å². The van der Waals surface area contributed by atoms with Crippen LogP contribution < -0.4 is 10.1 Å². The molecule has 1 N–H and O–H groups in total. The van der Waals surface area contributed by atoms with E-state index < -0.39 is 0 Å². The number of carbonyl (C=O) groups is 1. The molecule has 0 unspecified atom stereocenters. The van der Waals surface area contributed by atoms with Crippen molar-refractivity contribution in [2.75, 3.05) is 20.8 Å². The number of methoxy groups -OCH3 is 2. The van der Waals surface area contributed by atoms with E-state index in [1.165, 1.54) is 7.11 Å². The number of ether oxygens (including phenoxy) is 2. The molecule has 0 aliphatic carbocycles. The molecule has 27 heavy (non-hydrogen) atoms. The van der Waals surface area contributed by atoms with Crippen LogP contribution in [0.15, 0.2) is 36.7 Å². The monoisotopic (exact) mass is 369 g/mol. The van der Waals surface area contributed by atoms with Crippen LogP contribution in [0.2, 0.25) is 0 Å². The fourth-order valence-electron chi connectivity index (χ4n) is 2.74. The molecule has 3 rings (SSSR count). The zero-order chi connectivity index (χ0) is 19.4. The van der Waals surface area contributed by atoms with E-state index in [-0.39, 0.29) is 24.5 Å². The Morgan fingerprint density at radius 3 is 2.59 bits per heavy atom. The van der Waals surface area contributed by atoms with Crippen molar-refractivity contribution >= 4 is 11.6 Å². The predicted molar refractivity (Wildman–Crippen MR) is 100 cm³/mol. The van der Waals surface area contributed by atoms with Crippen LogP contribution in [0.4, 0.5) is 0 Å². The van der Waals surface area contributed by atoms with E-state index in [0.29, 0.717) is 11.5 Å². The van der Waals surface area contributed by atoms with Crippen LogP contribution in [0.1, 0.15) is 25.7 Å². The first-order valence-corrected chi connectivity index (χ1v) is 8.67. The molecule has 8 heteroatoms. The van der Waals surface area contributed by atoms with E-state index in [4.69, 9.17) is 9.47 Å². The van der Waals surface area contributed by atoms with Gasteiger partial charge in [-0.3, -0.25) is 4.79 Å². The number of amides is 1. The molecule has 0 aliphatic heterocycles. The Hall–Kier alpha value is -3.00. The molecule has 0 bridgehead atoms. The maximum absolute atomic E-state index is 11.9. The first kappa shape index (κ1) is 18.8. The molecule has 142 valence electrons. The summed E-state index contributed by atoms with van der Waals surface area (Å²) >= 11 is 0. The Bertz CT molecular complexity index is 921. The predicted octanol–water partition coefficient (Wildman–Crippen LogP) is 2.26. The third kappa shape index (κ3) is 4.22. The van der Waals surface area contributed by atoms with Gasteiger partial charge in [-0.25, -0.2) is 14.5 Å². The van der Waals surface area contributed by atoms with Crippen LogP contribution in [-0.4, -0.2) is 46.3 Å². The molecule has 0 fully saturated rings. The molecule has 0 saturated carbocycles. The minimum atomic E-state index is -0.308. The number of hydrogen-bond acceptors (Lipinski definition) is 6. The van der Waals surface area contributed by atoms with Crippen LogP contribution in [0.25, 0.3) is 16.9 Å². The summed E-state index contributed by atoms with van der Waals surface area (Å²) in [5.74, 6) is 1.25. The number of hydrogen-bond donors (Lipinski definition) is 1. The smallest absolute Gasteiger partial charge is 0.246 e. The lowest BCUT2D eigenvalue weighted by molar-refractivity contribution is -0.125. The Morgan fingerprint density at radius 2 is 1.96 bits per heavy atom. The van der Waals surface area contributed by atoms with Crippen LogP contribution in [-0.2, 0) is 9.53 Å². The van der Waals surface area contributed by atoms with Gasteiger partial charge in [0.25, 0.3) is 0 Å². The molecule has 1 amide bonds. The number of fused-ring (bicyclic) bond motifs is 1. The summed E-state index contributed by atoms with van der Waals surface area (Å²) in [6.07, 6.45) is 1.62. The van der Waals surface area contributed by atoms with Crippen molar-refractivity contribution < 1.29 is 14.3 Å². The molecule has 3 aromatic rings. The van der Waals surface area contributed by atoms with Gasteiger partial charge in [0, 0.05) is 18.7 Å².